The van der Waals surface area contributed by atoms with Gasteiger partial charge in [-0.3, -0.25) is 0 Å². The second kappa shape index (κ2) is 4.26. The lowest BCUT2D eigenvalue weighted by Crippen LogP contribution is -2.12. The van der Waals surface area contributed by atoms with Crippen molar-refractivity contribution in [3.63, 3.8) is 0 Å². The lowest BCUT2D eigenvalue weighted by Gasteiger charge is -2.23. The number of rotatable bonds is 3. The highest BCUT2D eigenvalue weighted by Gasteiger charge is 2.18. The zero-order valence-corrected chi connectivity index (χ0v) is 10.6. The highest BCUT2D eigenvalue weighted by molar-refractivity contribution is 8.01. The predicted octanol–water partition coefficient (Wildman–Crippen LogP) is 3.77. The van der Waals surface area contributed by atoms with Crippen molar-refractivity contribution in [3.8, 4) is 0 Å². The average Bonchev–Trinajstić information content (AvgIpc) is 2.57. The van der Waals surface area contributed by atoms with Gasteiger partial charge in [0, 0.05) is 11.4 Å². The Morgan fingerprint density at radius 3 is 3.06 bits per heavy atom. The fourth-order valence-electron chi connectivity index (χ4n) is 1.83. The Balaban J connectivity index is 1.76. The van der Waals surface area contributed by atoms with Crippen LogP contribution in [0.1, 0.15) is 19.3 Å². The minimum Gasteiger partial charge on any atom is -0.399 e. The molecular formula is C12H14N2S2. The number of thioether (sulfide) groups is 1. The van der Waals surface area contributed by atoms with E-state index in [9.17, 15) is 0 Å². The van der Waals surface area contributed by atoms with Crippen LogP contribution >= 0.6 is 23.1 Å². The van der Waals surface area contributed by atoms with Gasteiger partial charge < -0.3 is 5.73 Å². The molecule has 0 unspecified atom stereocenters. The summed E-state index contributed by atoms with van der Waals surface area (Å²) in [7, 11) is 0. The molecule has 0 amide bonds. The first-order valence-corrected chi connectivity index (χ1v) is 7.40. The third-order valence-corrected chi connectivity index (χ3v) is 5.45. The van der Waals surface area contributed by atoms with Crippen molar-refractivity contribution >= 4 is 39.0 Å². The highest BCUT2D eigenvalue weighted by atomic mass is 32.2. The molecule has 1 aromatic carbocycles. The van der Waals surface area contributed by atoms with Gasteiger partial charge in [-0.05, 0) is 37.0 Å². The number of benzene rings is 1. The first kappa shape index (κ1) is 10.4. The molecule has 1 aromatic heterocycles. The Labute approximate surface area is 103 Å². The Hall–Kier alpha value is -0.740. The van der Waals surface area contributed by atoms with Gasteiger partial charge in [-0.25, -0.2) is 4.98 Å². The van der Waals surface area contributed by atoms with E-state index in [1.807, 2.05) is 30.0 Å². The number of aromatic nitrogens is 1. The smallest absolute Gasteiger partial charge is 0.151 e. The summed E-state index contributed by atoms with van der Waals surface area (Å²) in [6, 6.07) is 5.94. The zero-order valence-electron chi connectivity index (χ0n) is 8.98. The summed E-state index contributed by atoms with van der Waals surface area (Å²) in [6.07, 6.45) is 4.23. The van der Waals surface area contributed by atoms with Crippen LogP contribution in [0.4, 0.5) is 5.69 Å². The van der Waals surface area contributed by atoms with Crippen molar-refractivity contribution in [3.05, 3.63) is 18.2 Å². The largest absolute Gasteiger partial charge is 0.399 e. The molecule has 1 aliphatic carbocycles. The monoisotopic (exact) mass is 250 g/mol. The van der Waals surface area contributed by atoms with Crippen molar-refractivity contribution in [1.29, 1.82) is 0 Å². The van der Waals surface area contributed by atoms with Gasteiger partial charge in [0.2, 0.25) is 0 Å². The van der Waals surface area contributed by atoms with E-state index in [2.05, 4.69) is 4.98 Å². The Morgan fingerprint density at radius 2 is 2.31 bits per heavy atom. The molecular weight excluding hydrogens is 236 g/mol. The quantitative estimate of drug-likeness (QED) is 0.665. The molecule has 0 saturated heterocycles. The Kier molecular flexibility index (Phi) is 2.77. The van der Waals surface area contributed by atoms with E-state index < -0.39 is 0 Å². The molecule has 84 valence electrons. The second-order valence-electron chi connectivity index (χ2n) is 4.31. The maximum Gasteiger partial charge on any atom is 0.151 e. The molecule has 0 atom stereocenters. The van der Waals surface area contributed by atoms with Gasteiger partial charge in [0.25, 0.3) is 0 Å². The number of anilines is 1. The topological polar surface area (TPSA) is 38.9 Å². The summed E-state index contributed by atoms with van der Waals surface area (Å²) in [5.74, 6) is 2.16. The van der Waals surface area contributed by atoms with E-state index in [-0.39, 0.29) is 0 Å². The molecule has 0 spiro atoms. The molecule has 16 heavy (non-hydrogen) atoms. The van der Waals surface area contributed by atoms with Crippen LogP contribution in [0.2, 0.25) is 0 Å². The summed E-state index contributed by atoms with van der Waals surface area (Å²) in [6.45, 7) is 0. The number of fused-ring (bicyclic) bond motifs is 1. The zero-order chi connectivity index (χ0) is 11.0. The van der Waals surface area contributed by atoms with Gasteiger partial charge in [-0.1, -0.05) is 18.2 Å². The molecule has 1 fully saturated rings. The minimum absolute atomic E-state index is 0.826. The molecule has 2 aromatic rings. The minimum atomic E-state index is 0.826. The molecule has 2 N–H and O–H groups in total. The van der Waals surface area contributed by atoms with Crippen molar-refractivity contribution < 1.29 is 0 Å². The van der Waals surface area contributed by atoms with Crippen molar-refractivity contribution in [2.45, 2.75) is 23.6 Å². The maximum atomic E-state index is 5.76. The molecule has 4 heteroatoms. The fourth-order valence-corrected chi connectivity index (χ4v) is 4.16. The van der Waals surface area contributed by atoms with Crippen LogP contribution in [0.5, 0.6) is 0 Å². The van der Waals surface area contributed by atoms with E-state index in [1.54, 1.807) is 11.3 Å². The van der Waals surface area contributed by atoms with Gasteiger partial charge in [-0.2, -0.15) is 0 Å². The Bertz CT molecular complexity index is 503. The molecule has 0 bridgehead atoms. The van der Waals surface area contributed by atoms with Crippen molar-refractivity contribution in [2.24, 2.45) is 5.92 Å². The lowest BCUT2D eigenvalue weighted by atomic mass is 9.87. The van der Waals surface area contributed by atoms with Gasteiger partial charge >= 0.3 is 0 Å². The standard InChI is InChI=1S/C12H14N2S2/c13-9-4-5-10-11(6-9)16-12(14-10)15-7-8-2-1-3-8/h4-6,8H,1-3,7,13H2. The van der Waals surface area contributed by atoms with Crippen LogP contribution in [0, 0.1) is 5.92 Å². The van der Waals surface area contributed by atoms with E-state index in [1.165, 1.54) is 34.1 Å². The first-order chi connectivity index (χ1) is 7.81. The summed E-state index contributed by atoms with van der Waals surface area (Å²) in [5, 5.41) is 0. The van der Waals surface area contributed by atoms with Gasteiger partial charge in [0.15, 0.2) is 4.34 Å². The Morgan fingerprint density at radius 1 is 1.44 bits per heavy atom. The number of hydrogen-bond donors (Lipinski definition) is 1. The van der Waals surface area contributed by atoms with Crippen LogP contribution in [0.25, 0.3) is 10.2 Å². The SMILES string of the molecule is Nc1ccc2nc(SCC3CCC3)sc2c1. The van der Waals surface area contributed by atoms with Crippen LogP contribution in [-0.4, -0.2) is 10.7 Å². The van der Waals surface area contributed by atoms with E-state index in [0.717, 1.165) is 17.1 Å². The van der Waals surface area contributed by atoms with E-state index in [0.29, 0.717) is 0 Å². The molecule has 1 heterocycles. The van der Waals surface area contributed by atoms with Crippen LogP contribution in [0.15, 0.2) is 22.5 Å². The third-order valence-electron chi connectivity index (χ3n) is 3.06. The average molecular weight is 250 g/mol. The third kappa shape index (κ3) is 2.04. The molecule has 3 rings (SSSR count). The predicted molar refractivity (Wildman–Crippen MR) is 72.1 cm³/mol. The van der Waals surface area contributed by atoms with Gasteiger partial charge in [0.05, 0.1) is 10.2 Å². The van der Waals surface area contributed by atoms with Crippen molar-refractivity contribution in [2.75, 3.05) is 11.5 Å². The van der Waals surface area contributed by atoms with Gasteiger partial charge in [0.1, 0.15) is 0 Å². The fraction of sp³-hybridized carbons (Fsp3) is 0.417. The van der Waals surface area contributed by atoms with Crippen LogP contribution in [-0.2, 0) is 0 Å². The number of nitrogens with two attached hydrogens (primary N) is 1. The van der Waals surface area contributed by atoms with E-state index >= 15 is 0 Å². The summed E-state index contributed by atoms with van der Waals surface area (Å²) in [5.41, 5.74) is 7.66. The maximum absolute atomic E-state index is 5.76. The normalized spacial score (nSPS) is 16.5. The molecule has 0 radical (unpaired) electrons. The summed E-state index contributed by atoms with van der Waals surface area (Å²) >= 11 is 3.66. The van der Waals surface area contributed by atoms with Crippen LogP contribution in [0.3, 0.4) is 0 Å². The number of thiazole rings is 1. The van der Waals surface area contributed by atoms with Crippen molar-refractivity contribution in [1.82, 2.24) is 4.98 Å². The van der Waals surface area contributed by atoms with Crippen LogP contribution < -0.4 is 5.73 Å². The van der Waals surface area contributed by atoms with Gasteiger partial charge in [-0.15, -0.1) is 11.3 Å². The second-order valence-corrected chi connectivity index (χ2v) is 6.61. The molecule has 0 aliphatic heterocycles. The number of hydrogen-bond acceptors (Lipinski definition) is 4. The first-order valence-electron chi connectivity index (χ1n) is 5.60. The lowest BCUT2D eigenvalue weighted by molar-refractivity contribution is 0.353. The number of nitrogen functional groups attached to an aromatic ring is 1. The molecule has 1 saturated carbocycles. The highest BCUT2D eigenvalue weighted by Crippen LogP contribution is 2.35. The molecule has 1 aliphatic rings. The van der Waals surface area contributed by atoms with E-state index in [4.69, 9.17) is 5.73 Å². The number of nitrogens with zero attached hydrogens (tertiary/aromatic N) is 1. The summed E-state index contributed by atoms with van der Waals surface area (Å²) in [4.78, 5) is 4.61. The molecule has 2 nitrogen and oxygen atoms in total. The summed E-state index contributed by atoms with van der Waals surface area (Å²) < 4.78 is 2.39.